The topological polar surface area (TPSA) is 79.2 Å². The Bertz CT molecular complexity index is 519. The second-order valence-corrected chi connectivity index (χ2v) is 5.57. The van der Waals surface area contributed by atoms with Crippen molar-refractivity contribution in [2.75, 3.05) is 11.4 Å². The predicted molar refractivity (Wildman–Crippen MR) is 68.9 cm³/mol. The van der Waals surface area contributed by atoms with Crippen LogP contribution in [0.15, 0.2) is 0 Å². The average Bonchev–Trinajstić information content (AvgIpc) is 2.91. The fraction of sp³-hybridized carbons (Fsp3) is 0.692. The molecule has 2 heterocycles. The lowest BCUT2D eigenvalue weighted by Gasteiger charge is -2.24. The molecule has 1 N–H and O–H groups in total. The maximum absolute atomic E-state index is 11.6. The summed E-state index contributed by atoms with van der Waals surface area (Å²) < 4.78 is 0. The van der Waals surface area contributed by atoms with Crippen LogP contribution in [0.5, 0.6) is 0 Å². The Kier molecular flexibility index (Phi) is 2.88. The molecular weight excluding hydrogens is 244 g/mol. The third-order valence-corrected chi connectivity index (χ3v) is 4.48. The van der Waals surface area contributed by atoms with Crippen LogP contribution in [0.25, 0.3) is 0 Å². The number of hydrogen-bond donors (Lipinski definition) is 1. The highest BCUT2D eigenvalue weighted by atomic mass is 16.4. The van der Waals surface area contributed by atoms with Gasteiger partial charge in [-0.3, -0.25) is 0 Å². The Morgan fingerprint density at radius 1 is 1.26 bits per heavy atom. The van der Waals surface area contributed by atoms with E-state index >= 15 is 0 Å². The highest BCUT2D eigenvalue weighted by Crippen LogP contribution is 2.43. The highest BCUT2D eigenvalue weighted by Gasteiger charge is 2.48. The number of carboxylic acid groups (broad SMARTS) is 1. The Morgan fingerprint density at radius 3 is 2.74 bits per heavy atom. The molecule has 1 aromatic rings. The molecule has 0 radical (unpaired) electrons. The van der Waals surface area contributed by atoms with Gasteiger partial charge < -0.3 is 10.0 Å². The molecule has 1 saturated carbocycles. The van der Waals surface area contributed by atoms with Crippen LogP contribution in [-0.4, -0.2) is 38.8 Å². The molecule has 1 aliphatic carbocycles. The molecule has 102 valence electrons. The van der Waals surface area contributed by atoms with E-state index in [0.717, 1.165) is 37.2 Å². The number of fused-ring (bicyclic) bond motifs is 1. The normalized spacial score (nSPS) is 29.6. The molecule has 0 bridgehead atoms. The first kappa shape index (κ1) is 12.3. The van der Waals surface area contributed by atoms with E-state index in [4.69, 9.17) is 0 Å². The number of hydrogen-bond acceptors (Lipinski definition) is 5. The standard InChI is InChI=1S/C13H18N4O2/c1-7-8(2)15-16-13(14-7)17-6-9-4-3-5-10(9)11(17)12(18)19/h9-11H,3-6H2,1-2H3,(H,18,19). The van der Waals surface area contributed by atoms with Crippen LogP contribution in [-0.2, 0) is 4.79 Å². The number of carbonyl (C=O) groups is 1. The number of anilines is 1. The first-order valence-electron chi connectivity index (χ1n) is 6.75. The fourth-order valence-electron chi connectivity index (χ4n) is 3.39. The van der Waals surface area contributed by atoms with Crippen molar-refractivity contribution in [3.05, 3.63) is 11.4 Å². The van der Waals surface area contributed by atoms with Gasteiger partial charge in [-0.15, -0.1) is 5.10 Å². The molecule has 0 aromatic carbocycles. The molecule has 2 aliphatic rings. The van der Waals surface area contributed by atoms with Gasteiger partial charge in [0.25, 0.3) is 0 Å². The van der Waals surface area contributed by atoms with E-state index in [9.17, 15) is 9.90 Å². The summed E-state index contributed by atoms with van der Waals surface area (Å²) in [5, 5.41) is 17.6. The van der Waals surface area contributed by atoms with E-state index < -0.39 is 12.0 Å². The van der Waals surface area contributed by atoms with E-state index in [1.165, 1.54) is 0 Å². The van der Waals surface area contributed by atoms with Gasteiger partial charge in [-0.1, -0.05) is 6.42 Å². The second-order valence-electron chi connectivity index (χ2n) is 5.57. The van der Waals surface area contributed by atoms with Crippen molar-refractivity contribution in [2.45, 2.75) is 39.2 Å². The fourth-order valence-corrected chi connectivity index (χ4v) is 3.39. The molecule has 3 atom stereocenters. The number of nitrogens with zero attached hydrogens (tertiary/aromatic N) is 4. The second kappa shape index (κ2) is 4.43. The van der Waals surface area contributed by atoms with Crippen molar-refractivity contribution in [2.24, 2.45) is 11.8 Å². The van der Waals surface area contributed by atoms with Crippen LogP contribution in [0.4, 0.5) is 5.95 Å². The zero-order chi connectivity index (χ0) is 13.6. The predicted octanol–water partition coefficient (Wildman–Crippen LogP) is 1.18. The van der Waals surface area contributed by atoms with E-state index in [1.54, 1.807) is 0 Å². The zero-order valence-electron chi connectivity index (χ0n) is 11.2. The maximum atomic E-state index is 11.6. The molecule has 19 heavy (non-hydrogen) atoms. The van der Waals surface area contributed by atoms with E-state index in [1.807, 2.05) is 18.7 Å². The summed E-state index contributed by atoms with van der Waals surface area (Å²) in [5.74, 6) is 0.398. The minimum absolute atomic E-state index is 0.239. The SMILES string of the molecule is Cc1nnc(N2CC3CCCC3C2C(=O)O)nc1C. The Labute approximate surface area is 111 Å². The molecule has 6 heteroatoms. The minimum atomic E-state index is -0.767. The first-order chi connectivity index (χ1) is 9.08. The van der Waals surface area contributed by atoms with Crippen LogP contribution in [0.1, 0.15) is 30.7 Å². The van der Waals surface area contributed by atoms with Gasteiger partial charge in [0, 0.05) is 6.54 Å². The molecule has 1 saturated heterocycles. The third kappa shape index (κ3) is 1.95. The van der Waals surface area contributed by atoms with E-state index in [2.05, 4.69) is 15.2 Å². The molecule has 0 spiro atoms. The van der Waals surface area contributed by atoms with Gasteiger partial charge in [0.2, 0.25) is 5.95 Å². The average molecular weight is 262 g/mol. The molecular formula is C13H18N4O2. The molecule has 6 nitrogen and oxygen atoms in total. The van der Waals surface area contributed by atoms with Crippen molar-refractivity contribution >= 4 is 11.9 Å². The largest absolute Gasteiger partial charge is 0.480 e. The monoisotopic (exact) mass is 262 g/mol. The van der Waals surface area contributed by atoms with Crippen molar-refractivity contribution in [1.29, 1.82) is 0 Å². The highest BCUT2D eigenvalue weighted by molar-refractivity contribution is 5.78. The van der Waals surface area contributed by atoms with Crippen LogP contribution in [0.3, 0.4) is 0 Å². The zero-order valence-corrected chi connectivity index (χ0v) is 11.2. The van der Waals surface area contributed by atoms with Crippen LogP contribution in [0, 0.1) is 25.7 Å². The lowest BCUT2D eigenvalue weighted by atomic mass is 9.94. The Morgan fingerprint density at radius 2 is 2.05 bits per heavy atom. The number of rotatable bonds is 2. The van der Waals surface area contributed by atoms with Gasteiger partial charge in [-0.25, -0.2) is 9.78 Å². The van der Waals surface area contributed by atoms with Crippen molar-refractivity contribution < 1.29 is 9.90 Å². The first-order valence-corrected chi connectivity index (χ1v) is 6.75. The van der Waals surface area contributed by atoms with Crippen molar-refractivity contribution in [3.63, 3.8) is 0 Å². The molecule has 1 aliphatic heterocycles. The smallest absolute Gasteiger partial charge is 0.326 e. The molecule has 2 fully saturated rings. The summed E-state index contributed by atoms with van der Waals surface area (Å²) in [4.78, 5) is 17.8. The Balaban J connectivity index is 1.94. The van der Waals surface area contributed by atoms with Crippen LogP contribution >= 0.6 is 0 Å². The quantitative estimate of drug-likeness (QED) is 0.862. The van der Waals surface area contributed by atoms with E-state index in [-0.39, 0.29) is 5.92 Å². The van der Waals surface area contributed by atoms with Gasteiger partial charge >= 0.3 is 5.97 Å². The van der Waals surface area contributed by atoms with E-state index in [0.29, 0.717) is 11.9 Å². The molecule has 3 rings (SSSR count). The summed E-state index contributed by atoms with van der Waals surface area (Å²) >= 11 is 0. The number of carboxylic acids is 1. The number of aliphatic carboxylic acids is 1. The van der Waals surface area contributed by atoms with Gasteiger partial charge in [-0.05, 0) is 38.5 Å². The summed E-state index contributed by atoms with van der Waals surface area (Å²) in [5.41, 5.74) is 1.60. The maximum Gasteiger partial charge on any atom is 0.326 e. The molecule has 1 aromatic heterocycles. The Hall–Kier alpha value is -1.72. The lowest BCUT2D eigenvalue weighted by Crippen LogP contribution is -2.40. The van der Waals surface area contributed by atoms with Crippen LogP contribution < -0.4 is 4.90 Å². The molecule has 0 amide bonds. The summed E-state index contributed by atoms with van der Waals surface area (Å²) in [6.45, 7) is 4.47. The van der Waals surface area contributed by atoms with Crippen molar-refractivity contribution in [1.82, 2.24) is 15.2 Å². The van der Waals surface area contributed by atoms with Gasteiger partial charge in [0.1, 0.15) is 6.04 Å². The lowest BCUT2D eigenvalue weighted by molar-refractivity contribution is -0.139. The summed E-state index contributed by atoms with van der Waals surface area (Å²) in [6, 6.07) is -0.489. The minimum Gasteiger partial charge on any atom is -0.480 e. The number of aryl methyl sites for hydroxylation is 2. The van der Waals surface area contributed by atoms with Crippen LogP contribution in [0.2, 0.25) is 0 Å². The van der Waals surface area contributed by atoms with Gasteiger partial charge in [-0.2, -0.15) is 5.10 Å². The third-order valence-electron chi connectivity index (χ3n) is 4.48. The number of aromatic nitrogens is 3. The van der Waals surface area contributed by atoms with Gasteiger partial charge in [0.05, 0.1) is 11.4 Å². The summed E-state index contributed by atoms with van der Waals surface area (Å²) in [6.07, 6.45) is 3.25. The van der Waals surface area contributed by atoms with Gasteiger partial charge in [0.15, 0.2) is 0 Å². The molecule has 3 unspecified atom stereocenters. The van der Waals surface area contributed by atoms with Crippen molar-refractivity contribution in [3.8, 4) is 0 Å². The summed E-state index contributed by atoms with van der Waals surface area (Å²) in [7, 11) is 0.